The van der Waals surface area contributed by atoms with E-state index in [2.05, 4.69) is 40.1 Å². The minimum absolute atomic E-state index is 0.678. The molecule has 0 N–H and O–H groups in total. The van der Waals surface area contributed by atoms with Crippen LogP contribution < -0.4 is 0 Å². The van der Waals surface area contributed by atoms with Crippen LogP contribution in [-0.4, -0.2) is 14.8 Å². The van der Waals surface area contributed by atoms with Crippen molar-refractivity contribution in [3.63, 3.8) is 0 Å². The SMILES string of the molecule is c1ccc2c(c1)CC(Cn1cnc3c1CCCC3)S2. The Balaban J connectivity index is 1.53. The summed E-state index contributed by atoms with van der Waals surface area (Å²) in [6.45, 7) is 1.11. The number of thioether (sulfide) groups is 1. The maximum atomic E-state index is 4.60. The lowest BCUT2D eigenvalue weighted by Gasteiger charge is -2.16. The van der Waals surface area contributed by atoms with E-state index in [0.29, 0.717) is 5.25 Å². The van der Waals surface area contributed by atoms with Crippen molar-refractivity contribution < 1.29 is 0 Å². The van der Waals surface area contributed by atoms with Gasteiger partial charge in [-0.25, -0.2) is 4.98 Å². The Bertz CT molecular complexity index is 578. The summed E-state index contributed by atoms with van der Waals surface area (Å²) in [5, 5.41) is 0.678. The molecule has 2 aromatic rings. The second-order valence-corrected chi connectivity index (χ2v) is 6.89. The monoisotopic (exact) mass is 270 g/mol. The lowest BCUT2D eigenvalue weighted by Crippen LogP contribution is -2.15. The Morgan fingerprint density at radius 1 is 1.21 bits per heavy atom. The standard InChI is InChI=1S/C16H18N2S/c1-4-8-16-12(5-1)9-13(19-16)10-18-11-17-14-6-2-3-7-15(14)18/h1,4-5,8,11,13H,2-3,6-7,9-10H2. The molecule has 1 aromatic heterocycles. The molecule has 0 fully saturated rings. The summed E-state index contributed by atoms with van der Waals surface area (Å²) in [5.74, 6) is 0. The van der Waals surface area contributed by atoms with Crippen molar-refractivity contribution in [2.24, 2.45) is 0 Å². The largest absolute Gasteiger partial charge is 0.333 e. The van der Waals surface area contributed by atoms with Crippen LogP contribution in [0.1, 0.15) is 29.8 Å². The predicted octanol–water partition coefficient (Wildman–Crippen LogP) is 3.48. The fourth-order valence-corrected chi connectivity index (χ4v) is 4.58. The van der Waals surface area contributed by atoms with Crippen LogP contribution in [0.4, 0.5) is 0 Å². The summed E-state index contributed by atoms with van der Waals surface area (Å²) in [6.07, 6.45) is 8.32. The molecule has 3 heteroatoms. The van der Waals surface area contributed by atoms with Gasteiger partial charge in [-0.1, -0.05) is 18.2 Å². The van der Waals surface area contributed by atoms with Gasteiger partial charge in [-0.05, 0) is 43.7 Å². The third kappa shape index (κ3) is 2.10. The third-order valence-electron chi connectivity index (χ3n) is 4.22. The number of fused-ring (bicyclic) bond motifs is 2. The highest BCUT2D eigenvalue weighted by molar-refractivity contribution is 8.00. The Morgan fingerprint density at radius 3 is 3.05 bits per heavy atom. The van der Waals surface area contributed by atoms with Gasteiger partial charge in [-0.15, -0.1) is 11.8 Å². The van der Waals surface area contributed by atoms with E-state index < -0.39 is 0 Å². The molecule has 0 bridgehead atoms. The molecule has 0 spiro atoms. The minimum atomic E-state index is 0.678. The van der Waals surface area contributed by atoms with Crippen LogP contribution in [0.2, 0.25) is 0 Å². The van der Waals surface area contributed by atoms with Gasteiger partial charge in [0.15, 0.2) is 0 Å². The van der Waals surface area contributed by atoms with E-state index in [-0.39, 0.29) is 0 Å². The number of benzene rings is 1. The zero-order valence-electron chi connectivity index (χ0n) is 11.0. The van der Waals surface area contributed by atoms with Gasteiger partial charge in [0.1, 0.15) is 0 Å². The summed E-state index contributed by atoms with van der Waals surface area (Å²) in [5.41, 5.74) is 4.38. The molecule has 4 rings (SSSR count). The number of aryl methyl sites for hydroxylation is 1. The van der Waals surface area contributed by atoms with Crippen LogP contribution in [0, 0.1) is 0 Å². The smallest absolute Gasteiger partial charge is 0.0952 e. The first kappa shape index (κ1) is 11.6. The molecule has 2 nitrogen and oxygen atoms in total. The first-order valence-electron chi connectivity index (χ1n) is 7.17. The van der Waals surface area contributed by atoms with Gasteiger partial charge >= 0.3 is 0 Å². The van der Waals surface area contributed by atoms with E-state index >= 15 is 0 Å². The second-order valence-electron chi connectivity index (χ2n) is 5.55. The van der Waals surface area contributed by atoms with Gasteiger partial charge in [0.2, 0.25) is 0 Å². The van der Waals surface area contributed by atoms with Gasteiger partial charge in [-0.2, -0.15) is 0 Å². The number of nitrogens with zero attached hydrogens (tertiary/aromatic N) is 2. The molecule has 1 aliphatic heterocycles. The third-order valence-corrected chi connectivity index (χ3v) is 5.53. The average Bonchev–Trinajstić information content (AvgIpc) is 3.03. The highest BCUT2D eigenvalue weighted by Gasteiger charge is 2.24. The minimum Gasteiger partial charge on any atom is -0.333 e. The van der Waals surface area contributed by atoms with Gasteiger partial charge in [-0.3, -0.25) is 0 Å². The van der Waals surface area contributed by atoms with Crippen molar-refractivity contribution in [3.05, 3.63) is 47.5 Å². The molecule has 0 saturated heterocycles. The lowest BCUT2D eigenvalue weighted by atomic mass is 10.0. The Labute approximate surface area is 118 Å². The Hall–Kier alpha value is -1.22. The summed E-state index contributed by atoms with van der Waals surface area (Å²) in [7, 11) is 0. The molecule has 2 heterocycles. The molecule has 1 unspecified atom stereocenters. The average molecular weight is 270 g/mol. The predicted molar refractivity (Wildman–Crippen MR) is 78.7 cm³/mol. The number of hydrogen-bond acceptors (Lipinski definition) is 2. The van der Waals surface area contributed by atoms with Crippen LogP contribution in [0.3, 0.4) is 0 Å². The summed E-state index contributed by atoms with van der Waals surface area (Å²) in [4.78, 5) is 6.08. The number of hydrogen-bond donors (Lipinski definition) is 0. The maximum absolute atomic E-state index is 4.60. The normalized spacial score (nSPS) is 21.2. The quantitative estimate of drug-likeness (QED) is 0.831. The van der Waals surface area contributed by atoms with Crippen molar-refractivity contribution in [2.45, 2.75) is 48.8 Å². The topological polar surface area (TPSA) is 17.8 Å². The van der Waals surface area contributed by atoms with Crippen molar-refractivity contribution in [2.75, 3.05) is 0 Å². The highest BCUT2D eigenvalue weighted by atomic mass is 32.2. The molecule has 98 valence electrons. The van der Waals surface area contributed by atoms with Crippen molar-refractivity contribution in [1.29, 1.82) is 0 Å². The first-order valence-corrected chi connectivity index (χ1v) is 8.05. The van der Waals surface area contributed by atoms with Crippen LogP contribution in [0.15, 0.2) is 35.5 Å². The van der Waals surface area contributed by atoms with Crippen molar-refractivity contribution in [3.8, 4) is 0 Å². The van der Waals surface area contributed by atoms with E-state index in [0.717, 1.165) is 6.54 Å². The molecule has 0 amide bonds. The van der Waals surface area contributed by atoms with E-state index in [9.17, 15) is 0 Å². The maximum Gasteiger partial charge on any atom is 0.0952 e. The second kappa shape index (κ2) is 4.71. The molecule has 0 radical (unpaired) electrons. The molecule has 2 aliphatic rings. The van der Waals surface area contributed by atoms with Crippen molar-refractivity contribution >= 4 is 11.8 Å². The van der Waals surface area contributed by atoms with E-state index in [4.69, 9.17) is 0 Å². The summed E-state index contributed by atoms with van der Waals surface area (Å²) >= 11 is 2.04. The molecule has 19 heavy (non-hydrogen) atoms. The molecule has 1 aliphatic carbocycles. The Morgan fingerprint density at radius 2 is 2.11 bits per heavy atom. The zero-order chi connectivity index (χ0) is 12.7. The molecular formula is C16H18N2S. The number of aromatic nitrogens is 2. The fraction of sp³-hybridized carbons (Fsp3) is 0.438. The highest BCUT2D eigenvalue weighted by Crippen LogP contribution is 2.37. The fourth-order valence-electron chi connectivity index (χ4n) is 3.26. The lowest BCUT2D eigenvalue weighted by molar-refractivity contribution is 0.592. The first-order chi connectivity index (χ1) is 9.40. The summed E-state index contributed by atoms with van der Waals surface area (Å²) in [6, 6.07) is 8.82. The van der Waals surface area contributed by atoms with Crippen LogP contribution in [0.25, 0.3) is 0 Å². The van der Waals surface area contributed by atoms with Crippen LogP contribution in [0.5, 0.6) is 0 Å². The van der Waals surface area contributed by atoms with E-state index in [1.54, 1.807) is 0 Å². The van der Waals surface area contributed by atoms with Gasteiger partial charge in [0, 0.05) is 22.4 Å². The zero-order valence-corrected chi connectivity index (χ0v) is 11.8. The van der Waals surface area contributed by atoms with Crippen molar-refractivity contribution in [1.82, 2.24) is 9.55 Å². The van der Waals surface area contributed by atoms with E-state index in [1.165, 1.54) is 54.0 Å². The Kier molecular flexibility index (Phi) is 2.87. The van der Waals surface area contributed by atoms with Gasteiger partial charge in [0.05, 0.1) is 12.0 Å². The molecule has 0 saturated carbocycles. The molecule has 1 atom stereocenters. The molecule has 1 aromatic carbocycles. The van der Waals surface area contributed by atoms with E-state index in [1.807, 2.05) is 11.8 Å². The summed E-state index contributed by atoms with van der Waals surface area (Å²) < 4.78 is 2.41. The van der Waals surface area contributed by atoms with Gasteiger partial charge in [0.25, 0.3) is 0 Å². The van der Waals surface area contributed by atoms with Crippen LogP contribution >= 0.6 is 11.8 Å². The number of rotatable bonds is 2. The molecular weight excluding hydrogens is 252 g/mol. The number of imidazole rings is 1. The van der Waals surface area contributed by atoms with Gasteiger partial charge < -0.3 is 4.57 Å². The van der Waals surface area contributed by atoms with Crippen LogP contribution in [-0.2, 0) is 25.8 Å².